The second kappa shape index (κ2) is 6.35. The minimum absolute atomic E-state index is 0.878. The molecule has 2 nitrogen and oxygen atoms in total. The summed E-state index contributed by atoms with van der Waals surface area (Å²) in [5, 5.41) is 0. The Hall–Kier alpha value is 0.137. The van der Waals surface area contributed by atoms with Crippen molar-refractivity contribution in [2.75, 3.05) is 14.2 Å². The Morgan fingerprint density at radius 3 is 1.65 bits per heavy atom. The van der Waals surface area contributed by atoms with Crippen LogP contribution < -0.4 is 0 Å². The summed E-state index contributed by atoms with van der Waals surface area (Å²) in [5.74, 6) is 1.80. The van der Waals surface area contributed by atoms with Gasteiger partial charge in [0.1, 0.15) is 0 Å². The van der Waals surface area contributed by atoms with Gasteiger partial charge < -0.3 is 8.85 Å². The molecule has 0 heterocycles. The van der Waals surface area contributed by atoms with Crippen LogP contribution in [-0.4, -0.2) is 22.8 Å². The summed E-state index contributed by atoms with van der Waals surface area (Å²) in [6, 6.07) is 2.49. The summed E-state index contributed by atoms with van der Waals surface area (Å²) >= 11 is 0. The molecule has 0 bridgehead atoms. The first kappa shape index (κ1) is 13.6. The monoisotopic (exact) mass is 256 g/mol. The zero-order valence-electron chi connectivity index (χ0n) is 11.5. The highest BCUT2D eigenvalue weighted by atomic mass is 28.4. The van der Waals surface area contributed by atoms with Gasteiger partial charge in [0.05, 0.1) is 0 Å². The summed E-state index contributed by atoms with van der Waals surface area (Å²) in [6.07, 6.45) is 11.4. The van der Waals surface area contributed by atoms with Gasteiger partial charge in [-0.3, -0.25) is 0 Å². The van der Waals surface area contributed by atoms with Crippen molar-refractivity contribution in [1.82, 2.24) is 0 Å². The molecule has 2 fully saturated rings. The van der Waals surface area contributed by atoms with Gasteiger partial charge in [-0.15, -0.1) is 0 Å². The van der Waals surface area contributed by atoms with E-state index in [1.807, 2.05) is 14.2 Å². The summed E-state index contributed by atoms with van der Waals surface area (Å²) in [6.45, 7) is 0. The van der Waals surface area contributed by atoms with E-state index in [9.17, 15) is 0 Å². The molecule has 0 saturated heterocycles. The quantitative estimate of drug-likeness (QED) is 0.526. The average molecular weight is 256 g/mol. The van der Waals surface area contributed by atoms with Crippen LogP contribution in [0.1, 0.15) is 51.4 Å². The number of hydrogen-bond acceptors (Lipinski definition) is 2. The molecule has 0 aromatic carbocycles. The molecule has 0 aliphatic heterocycles. The van der Waals surface area contributed by atoms with Gasteiger partial charge in [-0.25, -0.2) is 0 Å². The Labute approximate surface area is 107 Å². The van der Waals surface area contributed by atoms with Gasteiger partial charge in [0.15, 0.2) is 0 Å². The highest BCUT2D eigenvalue weighted by molar-refractivity contribution is 6.67. The van der Waals surface area contributed by atoms with Gasteiger partial charge in [-0.1, -0.05) is 51.4 Å². The van der Waals surface area contributed by atoms with Crippen LogP contribution in [0.3, 0.4) is 0 Å². The fraction of sp³-hybridized carbons (Fsp3) is 1.00. The van der Waals surface area contributed by atoms with Gasteiger partial charge >= 0.3 is 8.56 Å². The van der Waals surface area contributed by atoms with Crippen LogP contribution in [0.5, 0.6) is 0 Å². The first-order valence-corrected chi connectivity index (χ1v) is 9.61. The van der Waals surface area contributed by atoms with Crippen molar-refractivity contribution in [3.8, 4) is 0 Å². The van der Waals surface area contributed by atoms with Crippen molar-refractivity contribution in [2.45, 2.75) is 63.5 Å². The molecule has 0 aromatic rings. The minimum Gasteiger partial charge on any atom is -0.398 e. The molecule has 100 valence electrons. The van der Waals surface area contributed by atoms with Gasteiger partial charge in [0.2, 0.25) is 0 Å². The molecule has 0 unspecified atom stereocenters. The normalized spacial score (nSPS) is 23.6. The zero-order valence-corrected chi connectivity index (χ0v) is 12.5. The Morgan fingerprint density at radius 1 is 0.765 bits per heavy atom. The minimum atomic E-state index is -1.85. The van der Waals surface area contributed by atoms with Gasteiger partial charge in [0, 0.05) is 14.2 Å². The van der Waals surface area contributed by atoms with Crippen LogP contribution in [0.25, 0.3) is 0 Å². The van der Waals surface area contributed by atoms with Crippen molar-refractivity contribution in [2.24, 2.45) is 11.8 Å². The lowest BCUT2D eigenvalue weighted by Gasteiger charge is -2.31. The van der Waals surface area contributed by atoms with Gasteiger partial charge in [-0.05, 0) is 23.9 Å². The SMILES string of the molecule is CO[Si](CC1CCCCCC1)(CC1CC1)OC. The van der Waals surface area contributed by atoms with Crippen molar-refractivity contribution in [1.29, 1.82) is 0 Å². The van der Waals surface area contributed by atoms with Gasteiger partial charge in [0.25, 0.3) is 0 Å². The number of hydrogen-bond donors (Lipinski definition) is 0. The highest BCUT2D eigenvalue weighted by Gasteiger charge is 2.43. The van der Waals surface area contributed by atoms with Crippen LogP contribution in [0, 0.1) is 11.8 Å². The van der Waals surface area contributed by atoms with E-state index in [0.29, 0.717) is 0 Å². The lowest BCUT2D eigenvalue weighted by Crippen LogP contribution is -2.42. The third-order valence-corrected chi connectivity index (χ3v) is 8.50. The molecule has 2 rings (SSSR count). The molecule has 0 amide bonds. The van der Waals surface area contributed by atoms with Crippen molar-refractivity contribution in [3.63, 3.8) is 0 Å². The van der Waals surface area contributed by atoms with Crippen molar-refractivity contribution in [3.05, 3.63) is 0 Å². The fourth-order valence-electron chi connectivity index (χ4n) is 3.27. The predicted octanol–water partition coefficient (Wildman–Crippen LogP) is 4.10. The summed E-state index contributed by atoms with van der Waals surface area (Å²) in [5.41, 5.74) is 0. The maximum Gasteiger partial charge on any atom is 0.338 e. The fourth-order valence-corrected chi connectivity index (χ4v) is 6.85. The second-order valence-corrected chi connectivity index (χ2v) is 9.48. The summed E-state index contributed by atoms with van der Waals surface area (Å²) < 4.78 is 11.8. The van der Waals surface area contributed by atoms with E-state index in [0.717, 1.165) is 11.8 Å². The lowest BCUT2D eigenvalue weighted by atomic mass is 10.0. The molecule has 2 saturated carbocycles. The highest BCUT2D eigenvalue weighted by Crippen LogP contribution is 2.41. The Morgan fingerprint density at radius 2 is 1.24 bits per heavy atom. The van der Waals surface area contributed by atoms with E-state index in [-0.39, 0.29) is 0 Å². The van der Waals surface area contributed by atoms with E-state index in [1.54, 1.807) is 0 Å². The Kier molecular flexibility index (Phi) is 5.06. The van der Waals surface area contributed by atoms with E-state index in [1.165, 1.54) is 63.5 Å². The standard InChI is InChI=1S/C14H28O2Si/c1-15-17(16-2,12-14-9-10-14)11-13-7-5-3-4-6-8-13/h13-14H,3-12H2,1-2H3. The van der Waals surface area contributed by atoms with Crippen LogP contribution in [-0.2, 0) is 8.85 Å². The number of rotatable bonds is 6. The van der Waals surface area contributed by atoms with Crippen LogP contribution in [0.15, 0.2) is 0 Å². The van der Waals surface area contributed by atoms with Crippen LogP contribution in [0.2, 0.25) is 12.1 Å². The first-order valence-electron chi connectivity index (χ1n) is 7.38. The molecule has 0 radical (unpaired) electrons. The Bertz CT molecular complexity index is 216. The third-order valence-electron chi connectivity index (χ3n) is 4.62. The molecule has 0 spiro atoms. The first-order chi connectivity index (χ1) is 8.28. The smallest absolute Gasteiger partial charge is 0.338 e. The Balaban J connectivity index is 1.89. The third kappa shape index (κ3) is 4.07. The van der Waals surface area contributed by atoms with E-state index in [4.69, 9.17) is 8.85 Å². The van der Waals surface area contributed by atoms with E-state index >= 15 is 0 Å². The molecule has 2 aliphatic carbocycles. The molecular weight excluding hydrogens is 228 g/mol. The average Bonchev–Trinajstić information content (AvgIpc) is 3.16. The molecular formula is C14H28O2Si. The van der Waals surface area contributed by atoms with Crippen LogP contribution in [0.4, 0.5) is 0 Å². The molecule has 3 heteroatoms. The summed E-state index contributed by atoms with van der Waals surface area (Å²) in [4.78, 5) is 0. The van der Waals surface area contributed by atoms with Gasteiger partial charge in [-0.2, -0.15) is 0 Å². The largest absolute Gasteiger partial charge is 0.398 e. The topological polar surface area (TPSA) is 18.5 Å². The van der Waals surface area contributed by atoms with E-state index in [2.05, 4.69) is 0 Å². The molecule has 0 aromatic heterocycles. The maximum atomic E-state index is 5.90. The molecule has 2 aliphatic rings. The van der Waals surface area contributed by atoms with Crippen molar-refractivity contribution >= 4 is 8.56 Å². The van der Waals surface area contributed by atoms with E-state index < -0.39 is 8.56 Å². The molecule has 0 N–H and O–H groups in total. The van der Waals surface area contributed by atoms with Crippen LogP contribution >= 0.6 is 0 Å². The molecule has 17 heavy (non-hydrogen) atoms. The maximum absolute atomic E-state index is 5.90. The van der Waals surface area contributed by atoms with Crippen molar-refractivity contribution < 1.29 is 8.85 Å². The predicted molar refractivity (Wildman–Crippen MR) is 73.3 cm³/mol. The second-order valence-electron chi connectivity index (χ2n) is 6.03. The summed E-state index contributed by atoms with van der Waals surface area (Å²) in [7, 11) is 1.91. The lowest BCUT2D eigenvalue weighted by molar-refractivity contribution is 0.228. The zero-order chi connectivity index (χ0) is 12.1. The molecule has 0 atom stereocenters.